The summed E-state index contributed by atoms with van der Waals surface area (Å²) < 4.78 is 1.81. The summed E-state index contributed by atoms with van der Waals surface area (Å²) in [5, 5.41) is 6.15. The molecule has 1 aliphatic carbocycles. The standard InChI is InChI=1S/C9H7.C8H6N.2CH3.CH2.2ClH.Ti/c1-2-5-9-7-3-6-8(9)4-1;1-2-4-8-7(3-1)5-6-9-8;;;;;;/h1-7H;1-5,9H;2*1H3;1H2;2*1H;. The number of hydrogen-bond acceptors (Lipinski definition) is 0. The first-order chi connectivity index (χ1) is 10.4. The van der Waals surface area contributed by atoms with Gasteiger partial charge in [-0.25, -0.2) is 0 Å². The molecular weight excluding hydrogens is 373 g/mol. The number of nitrogens with one attached hydrogen (secondary N) is 1. The molecule has 0 fully saturated rings. The Kier molecular flexibility index (Phi) is 5.05. The van der Waals surface area contributed by atoms with Gasteiger partial charge in [0, 0.05) is 0 Å². The van der Waals surface area contributed by atoms with Crippen LogP contribution in [0, 0.1) is 0 Å². The zero-order valence-electron chi connectivity index (χ0n) is 14.0. The van der Waals surface area contributed by atoms with Gasteiger partial charge in [-0.05, 0) is 0 Å². The van der Waals surface area contributed by atoms with Crippen molar-refractivity contribution in [3.63, 3.8) is 0 Å². The van der Waals surface area contributed by atoms with Crippen molar-refractivity contribution in [1.82, 2.24) is 4.98 Å². The summed E-state index contributed by atoms with van der Waals surface area (Å²) in [6, 6.07) is 19.6. The Bertz CT molecular complexity index is 945. The zero-order valence-corrected chi connectivity index (χ0v) is 17.1. The van der Waals surface area contributed by atoms with Crippen LogP contribution in [-0.4, -0.2) is 9.80 Å². The fraction of sp³-hybridized carbons (Fsp3) is 0.150. The number of benzene rings is 2. The number of halogens is 2. The van der Waals surface area contributed by atoms with Gasteiger partial charge in [-0.3, -0.25) is 0 Å². The zero-order chi connectivity index (χ0) is 15.4. The van der Waals surface area contributed by atoms with Gasteiger partial charge in [0.05, 0.1) is 0 Å². The molecule has 0 bridgehead atoms. The monoisotopic (exact) mass is 395 g/mol. The second-order valence-electron chi connectivity index (χ2n) is 7.55. The van der Waals surface area contributed by atoms with Crippen LogP contribution in [-0.2, 0) is 14.8 Å². The Morgan fingerprint density at radius 2 is 1.62 bits per heavy atom. The van der Waals surface area contributed by atoms with E-state index in [2.05, 4.69) is 82.2 Å². The van der Waals surface area contributed by atoms with Crippen molar-refractivity contribution in [2.45, 2.75) is 14.7 Å². The van der Waals surface area contributed by atoms with Crippen LogP contribution < -0.4 is 4.00 Å². The Labute approximate surface area is 156 Å². The first-order valence-electron chi connectivity index (χ1n) is 7.87. The van der Waals surface area contributed by atoms with Crippen LogP contribution >= 0.6 is 24.8 Å². The van der Waals surface area contributed by atoms with E-state index in [1.54, 1.807) is 0 Å². The molecule has 0 aliphatic heterocycles. The number of fused-ring (bicyclic) bond motifs is 2. The molecule has 24 heavy (non-hydrogen) atoms. The van der Waals surface area contributed by atoms with Crippen LogP contribution in [0.1, 0.15) is 15.3 Å². The summed E-state index contributed by atoms with van der Waals surface area (Å²) in [4.78, 5) is 8.53. The third-order valence-corrected chi connectivity index (χ3v) is 12.3. The second kappa shape index (κ2) is 6.31. The number of H-pyrrole nitrogens is 1. The molecule has 1 atom stereocenters. The van der Waals surface area contributed by atoms with Gasteiger partial charge in [0.15, 0.2) is 0 Å². The molecule has 1 unspecified atom stereocenters. The van der Waals surface area contributed by atoms with Crippen LogP contribution in [0.15, 0.2) is 60.7 Å². The maximum atomic E-state index is 4.86. The number of para-hydroxylation sites is 1. The molecule has 1 nitrogen and oxygen atoms in total. The molecule has 4 heteroatoms. The van der Waals surface area contributed by atoms with Crippen molar-refractivity contribution in [3.8, 4) is 0 Å². The molecule has 1 N–H and O–H groups in total. The van der Waals surface area contributed by atoms with E-state index in [-0.39, 0.29) is 24.8 Å². The van der Waals surface area contributed by atoms with Gasteiger partial charge in [0.2, 0.25) is 0 Å². The van der Waals surface area contributed by atoms with Gasteiger partial charge in [-0.15, -0.1) is 24.8 Å². The van der Waals surface area contributed by atoms with E-state index in [1.165, 1.54) is 26.0 Å². The van der Waals surface area contributed by atoms with Crippen LogP contribution in [0.4, 0.5) is 0 Å². The fourth-order valence-electron chi connectivity index (χ4n) is 3.74. The van der Waals surface area contributed by atoms with E-state index >= 15 is 0 Å². The van der Waals surface area contributed by atoms with Crippen molar-refractivity contribution < 1.29 is 14.8 Å². The van der Waals surface area contributed by atoms with Crippen molar-refractivity contribution in [2.24, 2.45) is 0 Å². The fourth-order valence-corrected chi connectivity index (χ4v) is 9.18. The molecule has 0 radical (unpaired) electrons. The van der Waals surface area contributed by atoms with Crippen molar-refractivity contribution >= 4 is 50.6 Å². The van der Waals surface area contributed by atoms with Crippen LogP contribution in [0.3, 0.4) is 0 Å². The summed E-state index contributed by atoms with van der Waals surface area (Å²) in [5.41, 5.74) is 4.01. The Morgan fingerprint density at radius 1 is 0.958 bits per heavy atom. The van der Waals surface area contributed by atoms with Gasteiger partial charge in [0.25, 0.3) is 0 Å². The molecule has 1 aliphatic rings. The quantitative estimate of drug-likeness (QED) is 0.541. The Balaban J connectivity index is 0.00000104. The van der Waals surface area contributed by atoms with Gasteiger partial charge in [-0.2, -0.15) is 0 Å². The Morgan fingerprint density at radius 3 is 2.38 bits per heavy atom. The number of rotatable bonds is 2. The summed E-state index contributed by atoms with van der Waals surface area (Å²) >= 11 is -3.16. The maximum absolute atomic E-state index is 4.86. The number of hydrogen-bond donors (Lipinski definition) is 1. The third-order valence-electron chi connectivity index (χ3n) is 5.21. The number of aromatic nitrogens is 1. The predicted molar refractivity (Wildman–Crippen MR) is 109 cm³/mol. The molecule has 126 valence electrons. The van der Waals surface area contributed by atoms with E-state index in [1.807, 2.05) is 0 Å². The molecule has 2 aromatic carbocycles. The molecule has 0 saturated heterocycles. The molecule has 0 amide bonds. The first-order valence-corrected chi connectivity index (χ1v) is 13.8. The van der Waals surface area contributed by atoms with E-state index < -0.39 is 14.8 Å². The van der Waals surface area contributed by atoms with E-state index in [4.69, 9.17) is 4.82 Å². The summed E-state index contributed by atoms with van der Waals surface area (Å²) in [7, 11) is 0. The van der Waals surface area contributed by atoms with Crippen molar-refractivity contribution in [2.75, 3.05) is 0 Å². The molecule has 4 rings (SSSR count). The SMILES string of the molecule is Cl.Cl.[CH2]=[Ti]([CH3])([CH3])([c]1cc2ccccc2[nH]1)[CH]1C=Cc2ccccc21. The average molecular weight is 396 g/mol. The van der Waals surface area contributed by atoms with Crippen LogP contribution in [0.25, 0.3) is 17.0 Å². The van der Waals surface area contributed by atoms with Gasteiger partial charge in [0.1, 0.15) is 0 Å². The van der Waals surface area contributed by atoms with Crippen LogP contribution in [0.5, 0.6) is 0 Å². The van der Waals surface area contributed by atoms with Gasteiger partial charge in [-0.1, -0.05) is 0 Å². The van der Waals surface area contributed by atoms with Crippen LogP contribution in [0.2, 0.25) is 10.5 Å². The van der Waals surface area contributed by atoms with E-state index in [0.29, 0.717) is 4.22 Å². The molecular formula is C20H23Cl2NTi. The topological polar surface area (TPSA) is 15.8 Å². The summed E-state index contributed by atoms with van der Waals surface area (Å²) in [5.74, 6) is 0. The van der Waals surface area contributed by atoms with E-state index in [9.17, 15) is 0 Å². The summed E-state index contributed by atoms with van der Waals surface area (Å²) in [6.07, 6.45) is 4.64. The second-order valence-corrected chi connectivity index (χ2v) is 18.1. The van der Waals surface area contributed by atoms with Crippen molar-refractivity contribution in [3.05, 3.63) is 71.8 Å². The first kappa shape index (κ1) is 19.2. The molecule has 0 saturated carbocycles. The summed E-state index contributed by atoms with van der Waals surface area (Å²) in [6.45, 7) is 0. The molecule has 1 aromatic heterocycles. The third kappa shape index (κ3) is 2.84. The van der Waals surface area contributed by atoms with E-state index in [0.717, 1.165) is 0 Å². The van der Waals surface area contributed by atoms with Gasteiger partial charge < -0.3 is 0 Å². The molecule has 1 heterocycles. The number of allylic oxidation sites excluding steroid dienone is 1. The minimum atomic E-state index is -3.16. The molecule has 3 aromatic rings. The minimum absolute atomic E-state index is 0. The van der Waals surface area contributed by atoms with Crippen molar-refractivity contribution in [1.29, 1.82) is 0 Å². The molecule has 0 spiro atoms. The predicted octanol–water partition coefficient (Wildman–Crippen LogP) is 5.62. The Hall–Kier alpha value is -1.12. The van der Waals surface area contributed by atoms with Gasteiger partial charge >= 0.3 is 132 Å². The average Bonchev–Trinajstić information content (AvgIpc) is 3.12. The number of aromatic amines is 1. The normalized spacial score (nSPS) is 16.4.